The average molecular weight is 286 g/mol. The maximum atomic E-state index is 6.70. The zero-order chi connectivity index (χ0) is 16.4. The number of nitrogens with two attached hydrogens (primary N) is 2. The van der Waals surface area contributed by atoms with Crippen LogP contribution in [0.3, 0.4) is 0 Å². The summed E-state index contributed by atoms with van der Waals surface area (Å²) in [5, 5.41) is 3.57. The smallest absolute Gasteiger partial charge is 0.0353 e. The third-order valence-electron chi connectivity index (χ3n) is 5.43. The maximum absolute atomic E-state index is 6.70. The molecule has 122 valence electrons. The van der Waals surface area contributed by atoms with Crippen molar-refractivity contribution in [3.8, 4) is 0 Å². The molecule has 0 aliphatic heterocycles. The fourth-order valence-corrected chi connectivity index (χ4v) is 2.90. The Morgan fingerprint density at radius 2 is 1.15 bits per heavy atom. The summed E-state index contributed by atoms with van der Waals surface area (Å²) in [7, 11) is 0. The molecule has 0 aromatic rings. The molecule has 0 bridgehead atoms. The SMILES string of the molecule is CC(C)C(N)(CNCC(N)(C(C)C)C(C)(C)C)C(C)C. The van der Waals surface area contributed by atoms with Crippen molar-refractivity contribution >= 4 is 0 Å². The Morgan fingerprint density at radius 3 is 1.40 bits per heavy atom. The summed E-state index contributed by atoms with van der Waals surface area (Å²) in [6.07, 6.45) is 0. The Hall–Kier alpha value is -0.120. The maximum Gasteiger partial charge on any atom is 0.0353 e. The standard InChI is InChI=1S/C17H39N3/c1-12(2)16(18,13(3)4)10-20-11-17(19,14(5)6)15(7,8)9/h12-14,20H,10-11,18-19H2,1-9H3. The van der Waals surface area contributed by atoms with Crippen LogP contribution in [0, 0.1) is 23.2 Å². The van der Waals surface area contributed by atoms with Crippen LogP contribution in [0.1, 0.15) is 62.3 Å². The quantitative estimate of drug-likeness (QED) is 0.674. The second-order valence-corrected chi connectivity index (χ2v) is 8.47. The molecular weight excluding hydrogens is 246 g/mol. The minimum atomic E-state index is -0.234. The molecule has 0 aliphatic rings. The van der Waals surface area contributed by atoms with Crippen molar-refractivity contribution in [2.45, 2.75) is 73.4 Å². The molecular formula is C17H39N3. The zero-order valence-electron chi connectivity index (χ0n) is 15.3. The summed E-state index contributed by atoms with van der Waals surface area (Å²) in [6.45, 7) is 21.5. The topological polar surface area (TPSA) is 64.1 Å². The van der Waals surface area contributed by atoms with Gasteiger partial charge in [-0.25, -0.2) is 0 Å². The molecule has 0 aliphatic carbocycles. The molecule has 0 spiro atoms. The van der Waals surface area contributed by atoms with Gasteiger partial charge >= 0.3 is 0 Å². The van der Waals surface area contributed by atoms with Crippen LogP contribution >= 0.6 is 0 Å². The number of hydrogen-bond acceptors (Lipinski definition) is 3. The fourth-order valence-electron chi connectivity index (χ4n) is 2.90. The third-order valence-corrected chi connectivity index (χ3v) is 5.43. The van der Waals surface area contributed by atoms with Crippen LogP contribution in [0.15, 0.2) is 0 Å². The van der Waals surface area contributed by atoms with Crippen molar-refractivity contribution in [3.63, 3.8) is 0 Å². The van der Waals surface area contributed by atoms with Gasteiger partial charge in [0.2, 0.25) is 0 Å². The summed E-state index contributed by atoms with van der Waals surface area (Å²) in [4.78, 5) is 0. The highest BCUT2D eigenvalue weighted by Crippen LogP contribution is 2.34. The van der Waals surface area contributed by atoms with Gasteiger partial charge in [-0.2, -0.15) is 0 Å². The van der Waals surface area contributed by atoms with Crippen molar-refractivity contribution in [3.05, 3.63) is 0 Å². The molecule has 0 aromatic heterocycles. The molecule has 0 heterocycles. The van der Waals surface area contributed by atoms with Crippen molar-refractivity contribution in [2.75, 3.05) is 13.1 Å². The van der Waals surface area contributed by atoms with Crippen LogP contribution in [0.5, 0.6) is 0 Å². The van der Waals surface area contributed by atoms with Crippen molar-refractivity contribution in [1.82, 2.24) is 5.32 Å². The molecule has 0 rings (SSSR count). The molecule has 1 atom stereocenters. The first-order valence-electron chi connectivity index (χ1n) is 8.07. The van der Waals surface area contributed by atoms with Crippen molar-refractivity contribution in [2.24, 2.45) is 34.6 Å². The molecule has 0 amide bonds. The summed E-state index contributed by atoms with van der Waals surface area (Å²) < 4.78 is 0. The fraction of sp³-hybridized carbons (Fsp3) is 1.00. The van der Waals surface area contributed by atoms with E-state index in [2.05, 4.69) is 67.6 Å². The van der Waals surface area contributed by atoms with E-state index in [1.807, 2.05) is 0 Å². The summed E-state index contributed by atoms with van der Waals surface area (Å²) in [5.74, 6) is 1.30. The Labute approximate surface area is 127 Å². The first-order valence-corrected chi connectivity index (χ1v) is 8.07. The van der Waals surface area contributed by atoms with Gasteiger partial charge < -0.3 is 16.8 Å². The lowest BCUT2D eigenvalue weighted by Gasteiger charge is -2.46. The van der Waals surface area contributed by atoms with E-state index in [0.717, 1.165) is 13.1 Å². The van der Waals surface area contributed by atoms with E-state index in [1.54, 1.807) is 0 Å². The van der Waals surface area contributed by atoms with Gasteiger partial charge in [-0.05, 0) is 23.2 Å². The van der Waals surface area contributed by atoms with Crippen LogP contribution in [-0.4, -0.2) is 24.2 Å². The molecule has 0 saturated carbocycles. The Morgan fingerprint density at radius 1 is 0.750 bits per heavy atom. The first kappa shape index (κ1) is 19.9. The number of hydrogen-bond donors (Lipinski definition) is 3. The van der Waals surface area contributed by atoms with E-state index in [1.165, 1.54) is 0 Å². The van der Waals surface area contributed by atoms with Gasteiger partial charge in [0.25, 0.3) is 0 Å². The summed E-state index contributed by atoms with van der Waals surface area (Å²) in [6, 6.07) is 0. The second kappa shape index (κ2) is 6.76. The first-order chi connectivity index (χ1) is 8.79. The van der Waals surface area contributed by atoms with Crippen LogP contribution in [0.2, 0.25) is 0 Å². The second-order valence-electron chi connectivity index (χ2n) is 8.47. The molecule has 3 nitrogen and oxygen atoms in total. The summed E-state index contributed by atoms with van der Waals surface area (Å²) >= 11 is 0. The van der Waals surface area contributed by atoms with E-state index >= 15 is 0 Å². The molecule has 20 heavy (non-hydrogen) atoms. The average Bonchev–Trinajstić information content (AvgIpc) is 2.25. The van der Waals surface area contributed by atoms with Crippen molar-refractivity contribution < 1.29 is 0 Å². The molecule has 5 N–H and O–H groups in total. The predicted molar refractivity (Wildman–Crippen MR) is 90.7 cm³/mol. The van der Waals surface area contributed by atoms with Gasteiger partial charge in [0, 0.05) is 24.2 Å². The van der Waals surface area contributed by atoms with Gasteiger partial charge in [0.05, 0.1) is 0 Å². The minimum absolute atomic E-state index is 0.0566. The van der Waals surface area contributed by atoms with E-state index < -0.39 is 0 Å². The monoisotopic (exact) mass is 285 g/mol. The lowest BCUT2D eigenvalue weighted by molar-refractivity contribution is 0.117. The van der Waals surface area contributed by atoms with Gasteiger partial charge in [0.15, 0.2) is 0 Å². The van der Waals surface area contributed by atoms with E-state index in [4.69, 9.17) is 11.5 Å². The lowest BCUT2D eigenvalue weighted by Crippen LogP contribution is -2.64. The predicted octanol–water partition coefficient (Wildman–Crippen LogP) is 2.99. The van der Waals surface area contributed by atoms with Crippen LogP contribution < -0.4 is 16.8 Å². The lowest BCUT2D eigenvalue weighted by atomic mass is 9.67. The highest BCUT2D eigenvalue weighted by molar-refractivity contribution is 5.01. The van der Waals surface area contributed by atoms with Gasteiger partial charge in [-0.3, -0.25) is 0 Å². The van der Waals surface area contributed by atoms with Crippen LogP contribution in [0.25, 0.3) is 0 Å². The minimum Gasteiger partial charge on any atom is -0.324 e. The van der Waals surface area contributed by atoms with E-state index in [-0.39, 0.29) is 16.5 Å². The Bertz CT molecular complexity index is 281. The Kier molecular flexibility index (Phi) is 6.72. The van der Waals surface area contributed by atoms with E-state index in [9.17, 15) is 0 Å². The normalized spacial score (nSPS) is 17.1. The van der Waals surface area contributed by atoms with Crippen LogP contribution in [0.4, 0.5) is 0 Å². The Balaban J connectivity index is 4.84. The third kappa shape index (κ3) is 4.19. The highest BCUT2D eigenvalue weighted by atomic mass is 15.0. The molecule has 0 radical (unpaired) electrons. The van der Waals surface area contributed by atoms with Gasteiger partial charge in [-0.15, -0.1) is 0 Å². The molecule has 0 saturated heterocycles. The van der Waals surface area contributed by atoms with Gasteiger partial charge in [0.1, 0.15) is 0 Å². The zero-order valence-corrected chi connectivity index (χ0v) is 15.3. The van der Waals surface area contributed by atoms with Crippen molar-refractivity contribution in [1.29, 1.82) is 0 Å². The molecule has 0 aromatic carbocycles. The molecule has 3 heteroatoms. The number of rotatable bonds is 7. The largest absolute Gasteiger partial charge is 0.324 e. The molecule has 1 unspecified atom stereocenters. The highest BCUT2D eigenvalue weighted by Gasteiger charge is 2.41. The van der Waals surface area contributed by atoms with Gasteiger partial charge in [-0.1, -0.05) is 62.3 Å². The number of nitrogens with one attached hydrogen (secondary N) is 1. The van der Waals surface area contributed by atoms with E-state index in [0.29, 0.717) is 17.8 Å². The van der Waals surface area contributed by atoms with Crippen LogP contribution in [-0.2, 0) is 0 Å². The summed E-state index contributed by atoms with van der Waals surface area (Å²) in [5.41, 5.74) is 12.9. The molecule has 0 fully saturated rings.